The van der Waals surface area contributed by atoms with E-state index in [1.54, 1.807) is 11.9 Å². The number of nitrogens with zero attached hydrogens (tertiary/aromatic N) is 2. The molecule has 1 fully saturated rings. The number of ether oxygens (including phenoxy) is 2. The second kappa shape index (κ2) is 16.6. The maximum atomic E-state index is 12.4. The number of nitrogens with one attached hydrogen (secondary N) is 4. The Morgan fingerprint density at radius 1 is 1.18 bits per heavy atom. The van der Waals surface area contributed by atoms with Crippen molar-refractivity contribution in [3.8, 4) is 0 Å². The first kappa shape index (κ1) is 31.0. The lowest BCUT2D eigenvalue weighted by Crippen LogP contribution is -2.50. The Labute approximate surface area is 210 Å². The summed E-state index contributed by atoms with van der Waals surface area (Å²) in [7, 11) is 1.80. The lowest BCUT2D eigenvalue weighted by atomic mass is 10.0. The summed E-state index contributed by atoms with van der Waals surface area (Å²) in [5, 5.41) is 14.3. The SMILES string of the molecule is CC/C=C(C)\C(=N/NC(=S)NCC)C1CN(C(=O)OC(C)(C)C)CCO1.CCNC(=S)NC. The molecule has 0 aromatic rings. The zero-order chi connectivity index (χ0) is 25.4. The molecule has 1 aliphatic rings. The van der Waals surface area contributed by atoms with Gasteiger partial charge in [-0.05, 0) is 78.0 Å². The van der Waals surface area contributed by atoms with Crippen LogP contribution in [-0.2, 0) is 9.47 Å². The number of hydrogen-bond donors (Lipinski definition) is 4. The largest absolute Gasteiger partial charge is 0.444 e. The molecule has 1 amide bonds. The highest BCUT2D eigenvalue weighted by atomic mass is 32.1. The van der Waals surface area contributed by atoms with E-state index in [-0.39, 0.29) is 12.2 Å². The Morgan fingerprint density at radius 3 is 2.27 bits per heavy atom. The number of rotatable bonds is 6. The van der Waals surface area contributed by atoms with E-state index in [2.05, 4.69) is 39.5 Å². The molecule has 0 radical (unpaired) electrons. The van der Waals surface area contributed by atoms with E-state index in [9.17, 15) is 4.79 Å². The Bertz CT molecular complexity index is 692. The second-order valence-electron chi connectivity index (χ2n) is 8.16. The molecule has 0 aliphatic carbocycles. The highest BCUT2D eigenvalue weighted by molar-refractivity contribution is 7.80. The van der Waals surface area contributed by atoms with E-state index in [4.69, 9.17) is 33.9 Å². The molecular formula is C22H42N6O3S2. The molecule has 1 heterocycles. The van der Waals surface area contributed by atoms with Crippen LogP contribution in [0.2, 0.25) is 0 Å². The number of morpholine rings is 1. The van der Waals surface area contributed by atoms with Gasteiger partial charge < -0.3 is 30.3 Å². The molecule has 1 unspecified atom stereocenters. The van der Waals surface area contributed by atoms with Crippen LogP contribution in [0.5, 0.6) is 0 Å². The maximum absolute atomic E-state index is 12.4. The molecule has 11 heteroatoms. The second-order valence-corrected chi connectivity index (χ2v) is 8.98. The van der Waals surface area contributed by atoms with Crippen LogP contribution in [0.15, 0.2) is 16.8 Å². The molecule has 0 spiro atoms. The third-order valence-corrected chi connectivity index (χ3v) is 4.70. The number of amides is 1. The van der Waals surface area contributed by atoms with Crippen molar-refractivity contribution in [2.45, 2.75) is 66.6 Å². The van der Waals surface area contributed by atoms with Gasteiger partial charge in [-0.3, -0.25) is 5.43 Å². The number of carbonyl (C=O) groups is 1. The van der Waals surface area contributed by atoms with Crippen LogP contribution >= 0.6 is 24.4 Å². The predicted molar refractivity (Wildman–Crippen MR) is 144 cm³/mol. The summed E-state index contributed by atoms with van der Waals surface area (Å²) in [4.78, 5) is 14.0. The molecule has 0 saturated carbocycles. The molecule has 33 heavy (non-hydrogen) atoms. The van der Waals surface area contributed by atoms with E-state index in [1.165, 1.54) is 0 Å². The van der Waals surface area contributed by atoms with Crippen molar-refractivity contribution in [2.24, 2.45) is 5.10 Å². The summed E-state index contributed by atoms with van der Waals surface area (Å²) in [6, 6.07) is 0. The molecule has 1 aliphatic heterocycles. The predicted octanol–water partition coefficient (Wildman–Crippen LogP) is 2.92. The fraction of sp³-hybridized carbons (Fsp3) is 0.727. The van der Waals surface area contributed by atoms with Crippen LogP contribution in [0, 0.1) is 0 Å². The first-order valence-electron chi connectivity index (χ1n) is 11.3. The highest BCUT2D eigenvalue weighted by Gasteiger charge is 2.31. The highest BCUT2D eigenvalue weighted by Crippen LogP contribution is 2.16. The minimum absolute atomic E-state index is 0.335. The van der Waals surface area contributed by atoms with E-state index < -0.39 is 5.60 Å². The molecule has 9 nitrogen and oxygen atoms in total. The van der Waals surface area contributed by atoms with E-state index in [0.29, 0.717) is 36.5 Å². The Kier molecular flexibility index (Phi) is 15.6. The molecule has 1 saturated heterocycles. The van der Waals surface area contributed by atoms with Gasteiger partial charge in [-0.2, -0.15) is 5.10 Å². The Balaban J connectivity index is 0.00000126. The van der Waals surface area contributed by atoms with Crippen molar-refractivity contribution in [3.05, 3.63) is 11.6 Å². The topological polar surface area (TPSA) is 99.3 Å². The van der Waals surface area contributed by atoms with Crippen LogP contribution in [0.1, 0.15) is 54.9 Å². The summed E-state index contributed by atoms with van der Waals surface area (Å²) >= 11 is 9.91. The van der Waals surface area contributed by atoms with Gasteiger partial charge in [0.05, 0.1) is 18.9 Å². The van der Waals surface area contributed by atoms with Gasteiger partial charge >= 0.3 is 6.09 Å². The smallest absolute Gasteiger partial charge is 0.410 e. The molecule has 1 atom stereocenters. The van der Waals surface area contributed by atoms with E-state index in [0.717, 1.165) is 24.3 Å². The lowest BCUT2D eigenvalue weighted by Gasteiger charge is -2.34. The van der Waals surface area contributed by atoms with Gasteiger partial charge in [0.1, 0.15) is 11.7 Å². The zero-order valence-corrected chi connectivity index (χ0v) is 23.0. The zero-order valence-electron chi connectivity index (χ0n) is 21.3. The van der Waals surface area contributed by atoms with Crippen molar-refractivity contribution in [2.75, 3.05) is 39.8 Å². The quantitative estimate of drug-likeness (QED) is 0.248. The summed E-state index contributed by atoms with van der Waals surface area (Å²) in [5.41, 5.74) is 4.06. The third-order valence-electron chi connectivity index (χ3n) is 4.12. The van der Waals surface area contributed by atoms with Gasteiger partial charge in [-0.1, -0.05) is 13.0 Å². The maximum Gasteiger partial charge on any atom is 0.410 e. The minimum Gasteiger partial charge on any atom is -0.444 e. The first-order valence-corrected chi connectivity index (χ1v) is 12.1. The standard InChI is InChI=1S/C18H32N4O3S.C4H10N2S/c1-7-9-13(3)15(20-21-16(26)19-8-2)14-12-22(10-11-24-14)17(23)25-18(4,5)6;1-3-6-4(7)5-2/h9,14H,7-8,10-12H2,1-6H3,(H2,19,21,26);3H2,1-2H3,(H2,5,6,7)/b13-9-,20-15+;. The number of hydrazone groups is 1. The fourth-order valence-electron chi connectivity index (χ4n) is 2.69. The van der Waals surface area contributed by atoms with Gasteiger partial charge in [0, 0.05) is 26.7 Å². The first-order chi connectivity index (χ1) is 15.5. The van der Waals surface area contributed by atoms with Crippen molar-refractivity contribution in [3.63, 3.8) is 0 Å². The van der Waals surface area contributed by atoms with Crippen molar-refractivity contribution in [1.82, 2.24) is 26.3 Å². The summed E-state index contributed by atoms with van der Waals surface area (Å²) in [5.74, 6) is 0. The molecule has 0 bridgehead atoms. The van der Waals surface area contributed by atoms with Crippen LogP contribution in [0.4, 0.5) is 4.79 Å². The van der Waals surface area contributed by atoms with Gasteiger partial charge in [0.2, 0.25) is 0 Å². The average molecular weight is 503 g/mol. The van der Waals surface area contributed by atoms with Gasteiger partial charge in [0.25, 0.3) is 0 Å². The minimum atomic E-state index is -0.528. The lowest BCUT2D eigenvalue weighted by molar-refractivity contribution is -0.0209. The fourth-order valence-corrected chi connectivity index (χ4v) is 3.03. The van der Waals surface area contributed by atoms with Gasteiger partial charge in [0.15, 0.2) is 10.2 Å². The molecule has 0 aromatic heterocycles. The van der Waals surface area contributed by atoms with Crippen molar-refractivity contribution >= 4 is 46.5 Å². The van der Waals surface area contributed by atoms with Crippen molar-refractivity contribution < 1.29 is 14.3 Å². The van der Waals surface area contributed by atoms with Crippen LogP contribution in [0.25, 0.3) is 0 Å². The van der Waals surface area contributed by atoms with Gasteiger partial charge in [-0.15, -0.1) is 0 Å². The van der Waals surface area contributed by atoms with Gasteiger partial charge in [-0.25, -0.2) is 4.79 Å². The van der Waals surface area contributed by atoms with Crippen LogP contribution in [0.3, 0.4) is 0 Å². The molecule has 1 rings (SSSR count). The summed E-state index contributed by atoms with van der Waals surface area (Å²) in [6.07, 6.45) is 2.28. The number of carbonyl (C=O) groups excluding carboxylic acids is 1. The molecule has 190 valence electrons. The summed E-state index contributed by atoms with van der Waals surface area (Å²) < 4.78 is 11.4. The molecular weight excluding hydrogens is 460 g/mol. The van der Waals surface area contributed by atoms with E-state index >= 15 is 0 Å². The normalized spacial score (nSPS) is 16.7. The summed E-state index contributed by atoms with van der Waals surface area (Å²) in [6.45, 7) is 16.5. The third kappa shape index (κ3) is 14.0. The van der Waals surface area contributed by atoms with Crippen LogP contribution < -0.4 is 21.4 Å². The monoisotopic (exact) mass is 502 g/mol. The molecule has 0 aromatic carbocycles. The number of allylic oxidation sites excluding steroid dienone is 1. The molecule has 4 N–H and O–H groups in total. The average Bonchev–Trinajstić information content (AvgIpc) is 2.74. The Morgan fingerprint density at radius 2 is 1.79 bits per heavy atom. The Hall–Kier alpha value is -1.98. The van der Waals surface area contributed by atoms with Crippen molar-refractivity contribution in [1.29, 1.82) is 0 Å². The van der Waals surface area contributed by atoms with Crippen LogP contribution in [-0.4, -0.2) is 78.5 Å². The van der Waals surface area contributed by atoms with E-state index in [1.807, 2.05) is 41.5 Å². The number of hydrogen-bond acceptors (Lipinski definition) is 6. The number of thiocarbonyl (C=S) groups is 2.